The minimum absolute atomic E-state index is 0.0957. The number of Topliss-reactive ketones (excluding diaryl/α,β-unsaturated/α-hetero) is 1. The number of anilines is 3. The molecule has 2 unspecified atom stereocenters. The fraction of sp³-hybridized carbons (Fsp3) is 0.423. The van der Waals surface area contributed by atoms with Gasteiger partial charge in [0.1, 0.15) is 11.9 Å². The van der Waals surface area contributed by atoms with E-state index in [-0.39, 0.29) is 23.8 Å². The van der Waals surface area contributed by atoms with Crippen molar-refractivity contribution in [2.24, 2.45) is 11.8 Å². The van der Waals surface area contributed by atoms with Crippen molar-refractivity contribution in [2.75, 3.05) is 42.2 Å². The van der Waals surface area contributed by atoms with Crippen LogP contribution in [0.3, 0.4) is 0 Å². The number of rotatable bonds is 10. The summed E-state index contributed by atoms with van der Waals surface area (Å²) in [6.45, 7) is 5.42. The maximum Gasteiger partial charge on any atom is 0.272 e. The van der Waals surface area contributed by atoms with Crippen molar-refractivity contribution in [1.82, 2.24) is 29.8 Å². The second kappa shape index (κ2) is 10.6. The lowest BCUT2D eigenvalue weighted by Crippen LogP contribution is -2.33. The molecule has 1 saturated heterocycles. The predicted molar refractivity (Wildman–Crippen MR) is 142 cm³/mol. The van der Waals surface area contributed by atoms with Crippen molar-refractivity contribution in [1.29, 1.82) is 0 Å². The van der Waals surface area contributed by atoms with Gasteiger partial charge in [0.25, 0.3) is 5.91 Å². The van der Waals surface area contributed by atoms with E-state index in [2.05, 4.69) is 40.8 Å². The first-order chi connectivity index (χ1) is 18.4. The average molecular weight is 518 g/mol. The van der Waals surface area contributed by atoms with Crippen LogP contribution in [-0.2, 0) is 9.59 Å². The Bertz CT molecular complexity index is 1340. The van der Waals surface area contributed by atoms with Crippen LogP contribution in [0.4, 0.5) is 17.5 Å². The Kier molecular flexibility index (Phi) is 7.03. The van der Waals surface area contributed by atoms with E-state index < -0.39 is 17.9 Å². The van der Waals surface area contributed by atoms with Crippen molar-refractivity contribution in [3.05, 3.63) is 42.7 Å². The standard InChI is InChI=1S/C26H31N9O3/c1-4-19(36)9-30-26(38)23-24(27-3)31-14-35(23)15(2)25(37)33-21-11-28-10-20(32-21)16-5-6-22(29-8-16)34-12-17-7-18(17)13-34/h5-6,8,10-11,14-15,17-18,27H,4,7,9,12-13H2,1-3H3,(H,30,38)(H,32,33,37)/t15-,17?,18?/m0/s1. The summed E-state index contributed by atoms with van der Waals surface area (Å²) in [6.07, 6.45) is 7.92. The summed E-state index contributed by atoms with van der Waals surface area (Å²) < 4.78 is 1.45. The molecule has 198 valence electrons. The SMILES string of the molecule is CCC(=O)CNC(=O)c1c(NC)ncn1[C@@H](C)C(=O)Nc1cncc(-c2ccc(N3CC4CC4C3)nc2)n1. The molecule has 2 aliphatic rings. The number of aromatic nitrogens is 5. The van der Waals surface area contributed by atoms with Crippen molar-refractivity contribution in [2.45, 2.75) is 32.7 Å². The zero-order chi connectivity index (χ0) is 26.8. The van der Waals surface area contributed by atoms with E-state index in [9.17, 15) is 14.4 Å². The number of imidazole rings is 1. The van der Waals surface area contributed by atoms with Crippen LogP contribution in [0, 0.1) is 11.8 Å². The highest BCUT2D eigenvalue weighted by molar-refractivity contribution is 6.00. The topological polar surface area (TPSA) is 147 Å². The van der Waals surface area contributed by atoms with Gasteiger partial charge in [-0.25, -0.2) is 15.0 Å². The molecule has 12 nitrogen and oxygen atoms in total. The molecule has 1 aliphatic heterocycles. The Morgan fingerprint density at radius 2 is 1.89 bits per heavy atom. The zero-order valence-electron chi connectivity index (χ0n) is 21.6. The monoisotopic (exact) mass is 517 g/mol. The molecule has 3 aromatic rings. The Morgan fingerprint density at radius 3 is 2.58 bits per heavy atom. The Hall–Kier alpha value is -4.35. The molecule has 0 aromatic carbocycles. The first-order valence-corrected chi connectivity index (χ1v) is 12.8. The van der Waals surface area contributed by atoms with Crippen LogP contribution < -0.4 is 20.9 Å². The molecule has 1 saturated carbocycles. The molecule has 4 heterocycles. The average Bonchev–Trinajstić information content (AvgIpc) is 3.33. The molecule has 12 heteroatoms. The predicted octanol–water partition coefficient (Wildman–Crippen LogP) is 2.14. The zero-order valence-corrected chi connectivity index (χ0v) is 21.6. The van der Waals surface area contributed by atoms with Gasteiger partial charge in [0.2, 0.25) is 5.91 Å². The quantitative estimate of drug-likeness (QED) is 0.368. The normalized spacial score (nSPS) is 18.4. The fourth-order valence-corrected chi connectivity index (χ4v) is 4.68. The largest absolute Gasteiger partial charge is 0.371 e. The molecule has 5 rings (SSSR count). The van der Waals surface area contributed by atoms with Crippen molar-refractivity contribution in [3.8, 4) is 11.3 Å². The lowest BCUT2D eigenvalue weighted by molar-refractivity contribution is -0.119. The van der Waals surface area contributed by atoms with Crippen LogP contribution in [0.5, 0.6) is 0 Å². The lowest BCUT2D eigenvalue weighted by atomic mass is 10.2. The molecule has 0 radical (unpaired) electrons. The smallest absolute Gasteiger partial charge is 0.272 e. The second-order valence-electron chi connectivity index (χ2n) is 9.69. The van der Waals surface area contributed by atoms with Gasteiger partial charge < -0.3 is 25.4 Å². The van der Waals surface area contributed by atoms with Crippen LogP contribution in [-0.4, -0.2) is 68.8 Å². The van der Waals surface area contributed by atoms with Gasteiger partial charge in [-0.1, -0.05) is 6.92 Å². The molecule has 0 bridgehead atoms. The van der Waals surface area contributed by atoms with Crippen LogP contribution in [0.1, 0.15) is 43.2 Å². The molecule has 3 aromatic heterocycles. The number of piperidine rings is 1. The Balaban J connectivity index is 1.27. The van der Waals surface area contributed by atoms with Gasteiger partial charge in [0.05, 0.1) is 31.0 Å². The number of nitrogens with one attached hydrogen (secondary N) is 3. The molecule has 38 heavy (non-hydrogen) atoms. The van der Waals surface area contributed by atoms with E-state index in [4.69, 9.17) is 0 Å². The van der Waals surface area contributed by atoms with E-state index in [0.29, 0.717) is 17.9 Å². The minimum atomic E-state index is -0.801. The number of carbonyl (C=O) groups excluding carboxylic acids is 3. The summed E-state index contributed by atoms with van der Waals surface area (Å²) in [6, 6.07) is 3.16. The van der Waals surface area contributed by atoms with E-state index in [1.54, 1.807) is 33.3 Å². The van der Waals surface area contributed by atoms with Crippen molar-refractivity contribution in [3.63, 3.8) is 0 Å². The van der Waals surface area contributed by atoms with Crippen LogP contribution in [0.25, 0.3) is 11.3 Å². The maximum absolute atomic E-state index is 13.1. The number of hydrogen-bond donors (Lipinski definition) is 3. The highest BCUT2D eigenvalue weighted by atomic mass is 16.2. The number of hydrogen-bond acceptors (Lipinski definition) is 9. The Labute approximate surface area is 220 Å². The number of ketones is 1. The van der Waals surface area contributed by atoms with Gasteiger partial charge >= 0.3 is 0 Å². The number of amides is 2. The molecule has 3 atom stereocenters. The first-order valence-electron chi connectivity index (χ1n) is 12.8. The summed E-state index contributed by atoms with van der Waals surface area (Å²) in [5.74, 6) is 2.18. The van der Waals surface area contributed by atoms with Gasteiger partial charge in [-0.15, -0.1) is 0 Å². The molecule has 2 fully saturated rings. The number of pyridine rings is 1. The van der Waals surface area contributed by atoms with Gasteiger partial charge in [-0.3, -0.25) is 19.4 Å². The third kappa shape index (κ3) is 5.20. The number of carbonyl (C=O) groups is 3. The highest BCUT2D eigenvalue weighted by Crippen LogP contribution is 2.45. The molecule has 0 spiro atoms. The lowest BCUT2D eigenvalue weighted by Gasteiger charge is -2.19. The third-order valence-electron chi connectivity index (χ3n) is 7.12. The van der Waals surface area contributed by atoms with Crippen LogP contribution in [0.2, 0.25) is 0 Å². The number of nitrogens with zero attached hydrogens (tertiary/aromatic N) is 6. The molecule has 1 aliphatic carbocycles. The minimum Gasteiger partial charge on any atom is -0.371 e. The molecular formula is C26H31N9O3. The van der Waals surface area contributed by atoms with Crippen LogP contribution >= 0.6 is 0 Å². The van der Waals surface area contributed by atoms with Gasteiger partial charge in [0.15, 0.2) is 23.1 Å². The van der Waals surface area contributed by atoms with Gasteiger partial charge in [-0.05, 0) is 37.3 Å². The molecule has 3 N–H and O–H groups in total. The summed E-state index contributed by atoms with van der Waals surface area (Å²) in [5.41, 5.74) is 1.53. The summed E-state index contributed by atoms with van der Waals surface area (Å²) >= 11 is 0. The number of fused-ring (bicyclic) bond motifs is 1. The van der Waals surface area contributed by atoms with Crippen molar-refractivity contribution < 1.29 is 14.4 Å². The fourth-order valence-electron chi connectivity index (χ4n) is 4.68. The van der Waals surface area contributed by atoms with E-state index in [1.165, 1.54) is 23.5 Å². The Morgan fingerprint density at radius 1 is 1.11 bits per heavy atom. The summed E-state index contributed by atoms with van der Waals surface area (Å²) in [4.78, 5) is 57.5. The maximum atomic E-state index is 13.1. The molecular weight excluding hydrogens is 486 g/mol. The van der Waals surface area contributed by atoms with Crippen molar-refractivity contribution >= 4 is 35.1 Å². The summed E-state index contributed by atoms with van der Waals surface area (Å²) in [5, 5.41) is 8.22. The van der Waals surface area contributed by atoms with E-state index >= 15 is 0 Å². The second-order valence-corrected chi connectivity index (χ2v) is 9.69. The third-order valence-corrected chi connectivity index (χ3v) is 7.12. The van der Waals surface area contributed by atoms with Crippen LogP contribution in [0.15, 0.2) is 37.1 Å². The molecule has 2 amide bonds. The first kappa shape index (κ1) is 25.3. The van der Waals surface area contributed by atoms with E-state index in [1.807, 2.05) is 12.1 Å². The van der Waals surface area contributed by atoms with Gasteiger partial charge in [-0.2, -0.15) is 0 Å². The van der Waals surface area contributed by atoms with E-state index in [0.717, 1.165) is 36.3 Å². The summed E-state index contributed by atoms with van der Waals surface area (Å²) in [7, 11) is 1.63. The van der Waals surface area contributed by atoms with Gasteiger partial charge in [0, 0.05) is 38.3 Å². The highest BCUT2D eigenvalue weighted by Gasteiger charge is 2.45.